The summed E-state index contributed by atoms with van der Waals surface area (Å²) in [4.78, 5) is 4.43. The van der Waals surface area contributed by atoms with Gasteiger partial charge in [0.1, 0.15) is 4.60 Å². The van der Waals surface area contributed by atoms with Gasteiger partial charge in [0.05, 0.1) is 5.82 Å². The van der Waals surface area contributed by atoms with Crippen LogP contribution in [0.3, 0.4) is 0 Å². The van der Waals surface area contributed by atoms with Crippen LogP contribution >= 0.6 is 15.9 Å². The van der Waals surface area contributed by atoms with Crippen molar-refractivity contribution in [3.8, 4) is 17.1 Å². The maximum Gasteiger partial charge on any atom is 0.113 e. The van der Waals surface area contributed by atoms with Crippen molar-refractivity contribution in [2.75, 3.05) is 0 Å². The Morgan fingerprint density at radius 3 is 2.43 bits per heavy atom. The number of rotatable bonds is 2. The van der Waals surface area contributed by atoms with Crippen LogP contribution in [-0.2, 0) is 20.1 Å². The summed E-state index contributed by atoms with van der Waals surface area (Å²) in [6.45, 7) is 6.18. The molecular formula is C18H15BrFIrN2-. The molecule has 1 radical (unpaired) electrons. The molecule has 121 valence electrons. The van der Waals surface area contributed by atoms with Gasteiger partial charge in [0.25, 0.3) is 0 Å². The predicted octanol–water partition coefficient (Wildman–Crippen LogP) is 5.16. The van der Waals surface area contributed by atoms with E-state index in [1.165, 1.54) is 11.6 Å². The summed E-state index contributed by atoms with van der Waals surface area (Å²) in [6.07, 6.45) is 1.86. The zero-order valence-corrected chi connectivity index (χ0v) is 16.9. The minimum atomic E-state index is -0.329. The fraction of sp³-hybridized carbons (Fsp3) is 0.167. The van der Waals surface area contributed by atoms with Crippen molar-refractivity contribution < 1.29 is 24.5 Å². The largest absolute Gasteiger partial charge is 0.338 e. The van der Waals surface area contributed by atoms with E-state index >= 15 is 0 Å². The van der Waals surface area contributed by atoms with E-state index < -0.39 is 0 Å². The second kappa shape index (κ2) is 7.08. The van der Waals surface area contributed by atoms with Crippen molar-refractivity contribution in [1.82, 2.24) is 9.55 Å². The third kappa shape index (κ3) is 3.47. The van der Waals surface area contributed by atoms with E-state index in [9.17, 15) is 4.39 Å². The molecule has 2 aromatic carbocycles. The second-order valence-corrected chi connectivity index (χ2v) is 6.21. The van der Waals surface area contributed by atoms with Gasteiger partial charge >= 0.3 is 0 Å². The Bertz CT molecular complexity index is 835. The van der Waals surface area contributed by atoms with Crippen molar-refractivity contribution in [3.05, 3.63) is 69.7 Å². The smallest absolute Gasteiger partial charge is 0.113 e. The van der Waals surface area contributed by atoms with Gasteiger partial charge in [0.15, 0.2) is 0 Å². The van der Waals surface area contributed by atoms with E-state index in [0.717, 1.165) is 16.8 Å². The average molecular weight is 550 g/mol. The molecule has 3 aromatic rings. The molecule has 0 fully saturated rings. The first-order valence-electron chi connectivity index (χ1n) is 6.97. The Hall–Kier alpha value is -1.29. The maximum absolute atomic E-state index is 14.1. The first-order chi connectivity index (χ1) is 10.5. The number of halogens is 2. The Morgan fingerprint density at radius 2 is 1.83 bits per heavy atom. The van der Waals surface area contributed by atoms with Crippen molar-refractivity contribution in [3.63, 3.8) is 0 Å². The molecule has 0 atom stereocenters. The van der Waals surface area contributed by atoms with E-state index in [-0.39, 0.29) is 25.9 Å². The molecule has 0 spiro atoms. The minimum Gasteiger partial charge on any atom is -0.338 e. The van der Waals surface area contributed by atoms with Gasteiger partial charge < -0.3 is 4.57 Å². The Morgan fingerprint density at radius 1 is 1.17 bits per heavy atom. The van der Waals surface area contributed by atoms with Gasteiger partial charge in [-0.05, 0) is 47.8 Å². The summed E-state index contributed by atoms with van der Waals surface area (Å²) in [5.74, 6) is 0.212. The van der Waals surface area contributed by atoms with Crippen molar-refractivity contribution in [1.29, 1.82) is 0 Å². The van der Waals surface area contributed by atoms with Gasteiger partial charge in [0, 0.05) is 37.8 Å². The quantitative estimate of drug-likeness (QED) is 0.403. The Balaban J connectivity index is 0.00000192. The van der Waals surface area contributed by atoms with Gasteiger partial charge in [-0.25, -0.2) is 0 Å². The Labute approximate surface area is 157 Å². The van der Waals surface area contributed by atoms with Crippen molar-refractivity contribution >= 4 is 15.9 Å². The third-order valence-corrected chi connectivity index (χ3v) is 3.96. The van der Waals surface area contributed by atoms with Crippen molar-refractivity contribution in [2.24, 2.45) is 0 Å². The van der Waals surface area contributed by atoms with Crippen LogP contribution in [0.4, 0.5) is 4.39 Å². The summed E-state index contributed by atoms with van der Waals surface area (Å²) < 4.78 is 16.7. The predicted molar refractivity (Wildman–Crippen MR) is 89.7 cm³/mol. The summed E-state index contributed by atoms with van der Waals surface area (Å²) in [5.41, 5.74) is 4.85. The molecule has 0 amide bonds. The van der Waals surface area contributed by atoms with Crippen LogP contribution in [-0.4, -0.2) is 9.55 Å². The van der Waals surface area contributed by atoms with Crippen LogP contribution in [0.1, 0.15) is 16.7 Å². The number of benzene rings is 2. The van der Waals surface area contributed by atoms with E-state index in [1.807, 2.05) is 10.8 Å². The van der Waals surface area contributed by atoms with Gasteiger partial charge in [0.2, 0.25) is 0 Å². The number of hydrogen-bond acceptors (Lipinski definition) is 1. The molecule has 0 saturated heterocycles. The molecule has 0 saturated carbocycles. The molecule has 0 N–H and O–H groups in total. The molecule has 23 heavy (non-hydrogen) atoms. The zero-order valence-electron chi connectivity index (χ0n) is 12.9. The van der Waals surface area contributed by atoms with Crippen LogP contribution < -0.4 is 0 Å². The molecule has 1 heterocycles. The van der Waals surface area contributed by atoms with Crippen LogP contribution in [0.2, 0.25) is 0 Å². The van der Waals surface area contributed by atoms with Crippen LogP contribution in [0.5, 0.6) is 0 Å². The van der Waals surface area contributed by atoms with Crippen LogP contribution in [0.25, 0.3) is 17.1 Å². The van der Waals surface area contributed by atoms with Gasteiger partial charge in [-0.1, -0.05) is 23.3 Å². The van der Waals surface area contributed by atoms with Gasteiger partial charge in [-0.3, -0.25) is 9.37 Å². The van der Waals surface area contributed by atoms with E-state index in [1.54, 1.807) is 12.1 Å². The first-order valence-corrected chi connectivity index (χ1v) is 7.76. The number of hydrogen-bond donors (Lipinski definition) is 0. The normalized spacial score (nSPS) is 10.5. The summed E-state index contributed by atoms with van der Waals surface area (Å²) in [6, 6.07) is 11.9. The topological polar surface area (TPSA) is 17.8 Å². The minimum absolute atomic E-state index is 0. The fourth-order valence-corrected chi connectivity index (χ4v) is 3.21. The first kappa shape index (κ1) is 18.1. The molecule has 3 rings (SSSR count). The number of nitrogens with zero attached hydrogens (tertiary/aromatic N) is 2. The molecule has 5 heteroatoms. The molecule has 0 aliphatic rings. The fourth-order valence-electron chi connectivity index (χ4n) is 2.84. The average Bonchev–Trinajstić information content (AvgIpc) is 2.79. The van der Waals surface area contributed by atoms with E-state index in [0.29, 0.717) is 16.0 Å². The van der Waals surface area contributed by atoms with Crippen LogP contribution in [0, 0.1) is 32.7 Å². The Kier molecular flexibility index (Phi) is 5.56. The summed E-state index contributed by atoms with van der Waals surface area (Å²) in [5, 5.41) is 0. The molecule has 1 aromatic heterocycles. The van der Waals surface area contributed by atoms with Gasteiger partial charge in [-0.15, -0.1) is 24.3 Å². The molecule has 0 bridgehead atoms. The molecule has 2 nitrogen and oxygen atoms in total. The number of imidazole rings is 1. The van der Waals surface area contributed by atoms with E-state index in [2.05, 4.69) is 59.9 Å². The third-order valence-electron chi connectivity index (χ3n) is 3.58. The SMILES string of the molecule is Cc1cc(C)c(-n2cc(Br)nc2-c2[c-]cccc2F)c(C)c1.[Ir]. The van der Waals surface area contributed by atoms with Crippen molar-refractivity contribution in [2.45, 2.75) is 20.8 Å². The maximum atomic E-state index is 14.1. The number of aryl methyl sites for hydroxylation is 3. The molecular weight excluding hydrogens is 535 g/mol. The van der Waals surface area contributed by atoms with E-state index in [4.69, 9.17) is 0 Å². The molecule has 0 aliphatic heterocycles. The van der Waals surface area contributed by atoms with Crippen LogP contribution in [0.15, 0.2) is 41.1 Å². The standard InChI is InChI=1S/C18H15BrFN2.Ir/c1-11-8-12(2)17(13(3)9-11)22-10-16(19)21-18(22)14-6-4-5-7-15(14)20;/h4-5,7-10H,1-3H3;/q-1;. The monoisotopic (exact) mass is 550 g/mol. The molecule has 0 aliphatic carbocycles. The molecule has 0 unspecified atom stereocenters. The van der Waals surface area contributed by atoms with Gasteiger partial charge in [-0.2, -0.15) is 0 Å². The second-order valence-electron chi connectivity index (χ2n) is 5.40. The zero-order chi connectivity index (χ0) is 15.9. The summed E-state index contributed by atoms with van der Waals surface area (Å²) in [7, 11) is 0. The number of aromatic nitrogens is 2. The summed E-state index contributed by atoms with van der Waals surface area (Å²) >= 11 is 3.40.